The molecule has 76 heavy (non-hydrogen) atoms. The Bertz CT molecular complexity index is 1050. The lowest BCUT2D eigenvalue weighted by molar-refractivity contribution is -0.146. The summed E-state index contributed by atoms with van der Waals surface area (Å²) in [4.78, 5) is 11.9. The van der Waals surface area contributed by atoms with Crippen LogP contribution in [0.4, 0.5) is 0 Å². The first-order valence-electron chi connectivity index (χ1n) is 36.0. The van der Waals surface area contributed by atoms with E-state index >= 15 is 0 Å². The van der Waals surface area contributed by atoms with E-state index < -0.39 is 18.0 Å². The van der Waals surface area contributed by atoms with Crippen LogP contribution in [0.5, 0.6) is 0 Å². The lowest BCUT2D eigenvalue weighted by Gasteiger charge is -2.19. The van der Waals surface area contributed by atoms with Gasteiger partial charge < -0.3 is 14.9 Å². The summed E-state index contributed by atoms with van der Waals surface area (Å²) in [7, 11) is 1.83. The van der Waals surface area contributed by atoms with Crippen molar-refractivity contribution in [1.29, 1.82) is 0 Å². The highest BCUT2D eigenvalue weighted by Crippen LogP contribution is 2.23. The molecule has 0 aliphatic carbocycles. The molecule has 3 atom stereocenters. The van der Waals surface area contributed by atoms with Gasteiger partial charge in [-0.05, 0) is 26.2 Å². The SMILES string of the molecule is CCCCCCCCCCCCCCCCCCCCCCCCC(C(=O)O)C(O)CCCCCCCCCCCCCCCCCCCCCCCCCCCCCCCCCCCCCCCCCCC(C)OC. The van der Waals surface area contributed by atoms with Crippen molar-refractivity contribution in [3.05, 3.63) is 0 Å². The Balaban J connectivity index is 3.31. The Morgan fingerprint density at radius 2 is 0.434 bits per heavy atom. The number of carboxylic acids is 1. The maximum absolute atomic E-state index is 11.9. The summed E-state index contributed by atoms with van der Waals surface area (Å²) in [6, 6.07) is 0. The molecule has 0 rings (SSSR count). The van der Waals surface area contributed by atoms with Gasteiger partial charge in [0, 0.05) is 7.11 Å². The summed E-state index contributed by atoms with van der Waals surface area (Å²) >= 11 is 0. The highest BCUT2D eigenvalue weighted by molar-refractivity contribution is 5.70. The second-order valence-electron chi connectivity index (χ2n) is 25.5. The third-order valence-electron chi connectivity index (χ3n) is 17.9. The molecule has 0 amide bonds. The maximum Gasteiger partial charge on any atom is 0.309 e. The summed E-state index contributed by atoms with van der Waals surface area (Å²) in [5, 5.41) is 20.5. The second-order valence-corrected chi connectivity index (χ2v) is 25.5. The lowest BCUT2D eigenvalue weighted by atomic mass is 9.91. The number of carboxylic acid groups (broad SMARTS) is 1. The van der Waals surface area contributed by atoms with Crippen molar-refractivity contribution in [1.82, 2.24) is 0 Å². The van der Waals surface area contributed by atoms with Crippen LogP contribution < -0.4 is 0 Å². The Kier molecular flexibility index (Phi) is 66.4. The Morgan fingerprint density at radius 1 is 0.276 bits per heavy atom. The van der Waals surface area contributed by atoms with Gasteiger partial charge in [-0.15, -0.1) is 0 Å². The van der Waals surface area contributed by atoms with Gasteiger partial charge in [0.15, 0.2) is 0 Å². The fourth-order valence-corrected chi connectivity index (χ4v) is 12.3. The molecule has 3 unspecified atom stereocenters. The van der Waals surface area contributed by atoms with Crippen molar-refractivity contribution < 1.29 is 19.7 Å². The summed E-state index contributed by atoms with van der Waals surface area (Å²) in [6.45, 7) is 4.48. The van der Waals surface area contributed by atoms with Crippen LogP contribution in [0.1, 0.15) is 431 Å². The van der Waals surface area contributed by atoms with E-state index in [0.717, 1.165) is 25.7 Å². The number of aliphatic carboxylic acids is 1. The van der Waals surface area contributed by atoms with Crippen molar-refractivity contribution in [2.24, 2.45) is 5.92 Å². The van der Waals surface area contributed by atoms with Gasteiger partial charge in [-0.3, -0.25) is 4.79 Å². The zero-order chi connectivity index (χ0) is 55.0. The number of unbranched alkanes of at least 4 members (excludes halogenated alkanes) is 60. The van der Waals surface area contributed by atoms with Gasteiger partial charge in [0.25, 0.3) is 0 Å². The molecule has 0 spiro atoms. The molecule has 0 aromatic rings. The van der Waals surface area contributed by atoms with E-state index in [1.54, 1.807) is 0 Å². The van der Waals surface area contributed by atoms with Crippen LogP contribution in [0.2, 0.25) is 0 Å². The molecule has 0 fully saturated rings. The quantitative estimate of drug-likeness (QED) is 0.0596. The number of hydrogen-bond acceptors (Lipinski definition) is 3. The molecule has 456 valence electrons. The molecule has 0 heterocycles. The third-order valence-corrected chi connectivity index (χ3v) is 17.9. The predicted molar refractivity (Wildman–Crippen MR) is 339 cm³/mol. The van der Waals surface area contributed by atoms with Gasteiger partial charge >= 0.3 is 5.97 Å². The lowest BCUT2D eigenvalue weighted by Crippen LogP contribution is -2.28. The van der Waals surface area contributed by atoms with E-state index in [0.29, 0.717) is 18.9 Å². The average molecular weight is 1070 g/mol. The molecular formula is C72H144O4. The Labute approximate surface area is 480 Å². The van der Waals surface area contributed by atoms with Gasteiger partial charge in [-0.1, -0.05) is 405 Å². The van der Waals surface area contributed by atoms with Gasteiger partial charge in [0.2, 0.25) is 0 Å². The van der Waals surface area contributed by atoms with Crippen molar-refractivity contribution in [2.45, 2.75) is 443 Å². The number of aliphatic hydroxyl groups excluding tert-OH is 1. The number of aliphatic hydroxyl groups is 1. The molecule has 4 nitrogen and oxygen atoms in total. The second kappa shape index (κ2) is 66.9. The number of ether oxygens (including phenoxy) is 1. The normalized spacial score (nSPS) is 13.0. The fourth-order valence-electron chi connectivity index (χ4n) is 12.3. The highest BCUT2D eigenvalue weighted by atomic mass is 16.5. The van der Waals surface area contributed by atoms with Crippen LogP contribution in [0, 0.1) is 5.92 Å². The van der Waals surface area contributed by atoms with Crippen LogP contribution in [0.15, 0.2) is 0 Å². The van der Waals surface area contributed by atoms with Gasteiger partial charge in [0.1, 0.15) is 0 Å². The van der Waals surface area contributed by atoms with Gasteiger partial charge in [-0.25, -0.2) is 0 Å². The maximum atomic E-state index is 11.9. The predicted octanol–water partition coefficient (Wildman–Crippen LogP) is 25.5. The molecule has 0 saturated carbocycles. The summed E-state index contributed by atoms with van der Waals surface area (Å²) < 4.78 is 5.34. The first-order chi connectivity index (χ1) is 37.5. The number of carbonyl (C=O) groups is 1. The van der Waals surface area contributed by atoms with E-state index in [-0.39, 0.29) is 0 Å². The van der Waals surface area contributed by atoms with Crippen LogP contribution in [-0.4, -0.2) is 35.5 Å². The minimum atomic E-state index is -0.799. The first kappa shape index (κ1) is 75.4. The third kappa shape index (κ3) is 62.6. The minimum Gasteiger partial charge on any atom is -0.481 e. The van der Waals surface area contributed by atoms with E-state index in [4.69, 9.17) is 4.74 Å². The Hall–Kier alpha value is -0.610. The molecule has 0 aliphatic heterocycles. The van der Waals surface area contributed by atoms with Crippen LogP contribution >= 0.6 is 0 Å². The van der Waals surface area contributed by atoms with Crippen molar-refractivity contribution in [3.63, 3.8) is 0 Å². The van der Waals surface area contributed by atoms with E-state index in [1.165, 1.54) is 379 Å². The fraction of sp³-hybridized carbons (Fsp3) is 0.986. The molecule has 4 heteroatoms. The van der Waals surface area contributed by atoms with Gasteiger partial charge in [-0.2, -0.15) is 0 Å². The van der Waals surface area contributed by atoms with Gasteiger partial charge in [0.05, 0.1) is 18.1 Å². The van der Waals surface area contributed by atoms with Crippen molar-refractivity contribution >= 4 is 5.97 Å². The summed E-state index contributed by atoms with van der Waals surface area (Å²) in [6.07, 6.45) is 88.9. The first-order valence-corrected chi connectivity index (χ1v) is 36.0. The summed E-state index contributed by atoms with van der Waals surface area (Å²) in [5.74, 6) is -1.38. The van der Waals surface area contributed by atoms with Crippen LogP contribution in [-0.2, 0) is 9.53 Å². The smallest absolute Gasteiger partial charge is 0.309 e. The number of rotatable bonds is 69. The zero-order valence-corrected chi connectivity index (χ0v) is 52.9. The van der Waals surface area contributed by atoms with E-state index in [1.807, 2.05) is 7.11 Å². The van der Waals surface area contributed by atoms with Crippen molar-refractivity contribution in [2.75, 3.05) is 7.11 Å². The molecule has 0 saturated heterocycles. The van der Waals surface area contributed by atoms with E-state index in [9.17, 15) is 15.0 Å². The zero-order valence-electron chi connectivity index (χ0n) is 52.9. The van der Waals surface area contributed by atoms with Crippen LogP contribution in [0.25, 0.3) is 0 Å². The van der Waals surface area contributed by atoms with Crippen molar-refractivity contribution in [3.8, 4) is 0 Å². The standard InChI is InChI=1S/C72H144O4/c1-4-5-6-7-8-9-10-11-12-13-14-15-37-40-43-46-49-52-55-58-61-64-67-70(72(74)75)71(73)68-65-62-59-56-53-50-47-44-41-38-35-33-31-29-27-25-23-21-19-17-16-18-20-22-24-26-28-30-32-34-36-39-42-45-48-51-54-57-60-63-66-69(2)76-3/h69-71,73H,4-68H2,1-3H3,(H,74,75). The molecule has 2 N–H and O–H groups in total. The molecule has 0 aromatic heterocycles. The monoisotopic (exact) mass is 1070 g/mol. The van der Waals surface area contributed by atoms with Crippen LogP contribution in [0.3, 0.4) is 0 Å². The van der Waals surface area contributed by atoms with E-state index in [2.05, 4.69) is 13.8 Å². The minimum absolute atomic E-state index is 0.439. The summed E-state index contributed by atoms with van der Waals surface area (Å²) in [5.41, 5.74) is 0. The molecule has 0 aromatic carbocycles. The molecule has 0 bridgehead atoms. The topological polar surface area (TPSA) is 66.8 Å². The molecular weight excluding hydrogens is 929 g/mol. The average Bonchev–Trinajstić information content (AvgIpc) is 3.42. The molecule has 0 aliphatic rings. The number of hydrogen-bond donors (Lipinski definition) is 2. The Morgan fingerprint density at radius 3 is 0.605 bits per heavy atom. The molecule has 0 radical (unpaired) electrons. The largest absolute Gasteiger partial charge is 0.481 e. The number of methoxy groups -OCH3 is 1. The highest BCUT2D eigenvalue weighted by Gasteiger charge is 2.25.